The standard InChI is InChI=1S/C21H24BrN3O3S/c1-4-10-28-18-9-7-14(11-16(18)22)20(27)25-21(29)23-15-8-6-13(3)17(12-15)24-19(26)5-2/h6-9,11-12H,4-5,10H2,1-3H3,(H,24,26)(H2,23,25,27,29). The van der Waals surface area contributed by atoms with Crippen molar-refractivity contribution < 1.29 is 14.3 Å². The Bertz CT molecular complexity index is 918. The smallest absolute Gasteiger partial charge is 0.257 e. The van der Waals surface area contributed by atoms with Gasteiger partial charge in [0.15, 0.2) is 5.11 Å². The van der Waals surface area contributed by atoms with Crippen LogP contribution in [0.25, 0.3) is 0 Å². The third-order valence-corrected chi connectivity index (χ3v) is 4.80. The highest BCUT2D eigenvalue weighted by Crippen LogP contribution is 2.26. The molecule has 6 nitrogen and oxygen atoms in total. The van der Waals surface area contributed by atoms with Crippen LogP contribution < -0.4 is 20.7 Å². The van der Waals surface area contributed by atoms with E-state index in [1.54, 1.807) is 31.2 Å². The molecule has 0 saturated carbocycles. The van der Waals surface area contributed by atoms with Gasteiger partial charge >= 0.3 is 0 Å². The molecule has 2 rings (SSSR count). The van der Waals surface area contributed by atoms with Crippen molar-refractivity contribution >= 4 is 56.4 Å². The van der Waals surface area contributed by atoms with E-state index in [1.807, 2.05) is 26.0 Å². The molecule has 0 bridgehead atoms. The molecule has 2 aromatic rings. The van der Waals surface area contributed by atoms with Gasteiger partial charge in [0.05, 0.1) is 11.1 Å². The Morgan fingerprint density at radius 2 is 1.86 bits per heavy atom. The Balaban J connectivity index is 2.02. The molecule has 3 N–H and O–H groups in total. The fraction of sp³-hybridized carbons (Fsp3) is 0.286. The molecule has 0 saturated heterocycles. The lowest BCUT2D eigenvalue weighted by atomic mass is 10.1. The first-order valence-corrected chi connectivity index (χ1v) is 10.5. The van der Waals surface area contributed by atoms with Crippen LogP contribution in [0.2, 0.25) is 0 Å². The quantitative estimate of drug-likeness (QED) is 0.487. The lowest BCUT2D eigenvalue weighted by Crippen LogP contribution is -2.34. The van der Waals surface area contributed by atoms with Crippen LogP contribution in [0.5, 0.6) is 5.75 Å². The lowest BCUT2D eigenvalue weighted by Gasteiger charge is -2.13. The first kappa shape index (κ1) is 22.8. The number of ether oxygens (including phenoxy) is 1. The van der Waals surface area contributed by atoms with Gasteiger partial charge in [-0.05, 0) is 77.4 Å². The number of nitrogens with one attached hydrogen (secondary N) is 3. The van der Waals surface area contributed by atoms with E-state index in [4.69, 9.17) is 17.0 Å². The second-order valence-electron chi connectivity index (χ2n) is 6.33. The number of benzene rings is 2. The van der Waals surface area contributed by atoms with Crippen molar-refractivity contribution in [3.63, 3.8) is 0 Å². The number of hydrogen-bond acceptors (Lipinski definition) is 4. The summed E-state index contributed by atoms with van der Waals surface area (Å²) in [6, 6.07) is 10.6. The first-order valence-electron chi connectivity index (χ1n) is 9.29. The van der Waals surface area contributed by atoms with Gasteiger partial charge in [-0.3, -0.25) is 14.9 Å². The molecule has 0 aliphatic rings. The number of carbonyl (C=O) groups excluding carboxylic acids is 2. The number of carbonyl (C=O) groups is 2. The normalized spacial score (nSPS) is 10.2. The molecule has 0 aliphatic heterocycles. The van der Waals surface area contributed by atoms with Crippen LogP contribution in [0.15, 0.2) is 40.9 Å². The van der Waals surface area contributed by atoms with E-state index in [-0.39, 0.29) is 16.9 Å². The molecule has 0 spiro atoms. The Morgan fingerprint density at radius 1 is 1.10 bits per heavy atom. The van der Waals surface area contributed by atoms with Gasteiger partial charge in [-0.2, -0.15) is 0 Å². The summed E-state index contributed by atoms with van der Waals surface area (Å²) in [5.74, 6) is 0.278. The number of aryl methyl sites for hydroxylation is 1. The third kappa shape index (κ3) is 6.83. The van der Waals surface area contributed by atoms with E-state index in [0.717, 1.165) is 12.0 Å². The summed E-state index contributed by atoms with van der Waals surface area (Å²) in [5.41, 5.74) is 2.74. The maximum atomic E-state index is 12.5. The van der Waals surface area contributed by atoms with Gasteiger partial charge in [0.25, 0.3) is 5.91 Å². The summed E-state index contributed by atoms with van der Waals surface area (Å²) in [6.45, 7) is 6.33. The molecule has 0 radical (unpaired) electrons. The summed E-state index contributed by atoms with van der Waals surface area (Å²) in [5, 5.41) is 8.62. The van der Waals surface area contributed by atoms with Crippen molar-refractivity contribution in [2.24, 2.45) is 0 Å². The minimum Gasteiger partial charge on any atom is -0.492 e. The highest BCUT2D eigenvalue weighted by molar-refractivity contribution is 9.10. The lowest BCUT2D eigenvalue weighted by molar-refractivity contribution is -0.115. The number of anilines is 2. The average molecular weight is 478 g/mol. The first-order chi connectivity index (χ1) is 13.8. The van der Waals surface area contributed by atoms with Crippen LogP contribution in [-0.2, 0) is 4.79 Å². The monoisotopic (exact) mass is 477 g/mol. The number of thiocarbonyl (C=S) groups is 1. The molecule has 0 aromatic heterocycles. The molecule has 8 heteroatoms. The van der Waals surface area contributed by atoms with Crippen molar-refractivity contribution in [2.45, 2.75) is 33.6 Å². The second kappa shape index (κ2) is 10.9. The predicted molar refractivity (Wildman–Crippen MR) is 124 cm³/mol. The zero-order valence-corrected chi connectivity index (χ0v) is 19.0. The van der Waals surface area contributed by atoms with Crippen LogP contribution in [-0.4, -0.2) is 23.5 Å². The highest BCUT2D eigenvalue weighted by Gasteiger charge is 2.12. The zero-order valence-electron chi connectivity index (χ0n) is 16.6. The molecule has 0 heterocycles. The van der Waals surface area contributed by atoms with Crippen LogP contribution in [0.3, 0.4) is 0 Å². The average Bonchev–Trinajstić information content (AvgIpc) is 2.69. The van der Waals surface area contributed by atoms with E-state index >= 15 is 0 Å². The van der Waals surface area contributed by atoms with E-state index in [0.29, 0.717) is 40.2 Å². The van der Waals surface area contributed by atoms with Crippen molar-refractivity contribution in [2.75, 3.05) is 17.2 Å². The SMILES string of the molecule is CCCOc1ccc(C(=O)NC(=S)Nc2ccc(C)c(NC(=O)CC)c2)cc1Br. The number of halogens is 1. The Hall–Kier alpha value is -2.45. The van der Waals surface area contributed by atoms with Gasteiger partial charge in [-0.15, -0.1) is 0 Å². The van der Waals surface area contributed by atoms with Crippen molar-refractivity contribution in [1.82, 2.24) is 5.32 Å². The minimum absolute atomic E-state index is 0.0712. The van der Waals surface area contributed by atoms with Crippen molar-refractivity contribution in [1.29, 1.82) is 0 Å². The third-order valence-electron chi connectivity index (χ3n) is 3.97. The Kier molecular flexibility index (Phi) is 8.60. The van der Waals surface area contributed by atoms with Crippen molar-refractivity contribution in [3.05, 3.63) is 52.0 Å². The summed E-state index contributed by atoms with van der Waals surface area (Å²) in [4.78, 5) is 24.1. The summed E-state index contributed by atoms with van der Waals surface area (Å²) < 4.78 is 6.29. The fourth-order valence-electron chi connectivity index (χ4n) is 2.38. The largest absolute Gasteiger partial charge is 0.492 e. The molecule has 0 fully saturated rings. The van der Waals surface area contributed by atoms with Crippen LogP contribution >= 0.6 is 28.1 Å². The Morgan fingerprint density at radius 3 is 2.52 bits per heavy atom. The van der Waals surface area contributed by atoms with E-state index in [1.165, 1.54) is 0 Å². The number of amides is 2. The molecule has 0 unspecified atom stereocenters. The van der Waals surface area contributed by atoms with Crippen LogP contribution in [0.4, 0.5) is 11.4 Å². The molecule has 29 heavy (non-hydrogen) atoms. The minimum atomic E-state index is -0.336. The van der Waals surface area contributed by atoms with Gasteiger partial charge in [-0.25, -0.2) is 0 Å². The Labute approximate surface area is 184 Å². The molecule has 2 amide bonds. The molecule has 0 aliphatic carbocycles. The van der Waals surface area contributed by atoms with Gasteiger partial charge < -0.3 is 15.4 Å². The summed E-state index contributed by atoms with van der Waals surface area (Å²) >= 11 is 8.67. The zero-order chi connectivity index (χ0) is 21.4. The fourth-order valence-corrected chi connectivity index (χ4v) is 3.09. The maximum Gasteiger partial charge on any atom is 0.257 e. The van der Waals surface area contributed by atoms with E-state index < -0.39 is 0 Å². The molecule has 0 atom stereocenters. The van der Waals surface area contributed by atoms with Crippen LogP contribution in [0.1, 0.15) is 42.6 Å². The van der Waals surface area contributed by atoms with E-state index in [2.05, 4.69) is 31.9 Å². The summed E-state index contributed by atoms with van der Waals surface area (Å²) in [6.07, 6.45) is 1.29. The van der Waals surface area contributed by atoms with Crippen molar-refractivity contribution in [3.8, 4) is 5.75 Å². The number of rotatable bonds is 7. The second-order valence-corrected chi connectivity index (χ2v) is 7.60. The van der Waals surface area contributed by atoms with E-state index in [9.17, 15) is 9.59 Å². The van der Waals surface area contributed by atoms with Gasteiger partial charge in [0.2, 0.25) is 5.91 Å². The molecule has 154 valence electrons. The summed E-state index contributed by atoms with van der Waals surface area (Å²) in [7, 11) is 0. The molecule has 2 aromatic carbocycles. The van der Waals surface area contributed by atoms with Gasteiger partial charge in [0.1, 0.15) is 5.75 Å². The number of hydrogen-bond donors (Lipinski definition) is 3. The maximum absolute atomic E-state index is 12.5. The van der Waals surface area contributed by atoms with Gasteiger partial charge in [0, 0.05) is 23.4 Å². The van der Waals surface area contributed by atoms with Gasteiger partial charge in [-0.1, -0.05) is 19.9 Å². The topological polar surface area (TPSA) is 79.5 Å². The van der Waals surface area contributed by atoms with Crippen LogP contribution in [0, 0.1) is 6.92 Å². The molecular weight excluding hydrogens is 454 g/mol. The predicted octanol–water partition coefficient (Wildman–Crippen LogP) is 5.02. The highest BCUT2D eigenvalue weighted by atomic mass is 79.9. The molecular formula is C21H24BrN3O3S.